The van der Waals surface area contributed by atoms with Crippen LogP contribution in [0.3, 0.4) is 0 Å². The van der Waals surface area contributed by atoms with E-state index in [4.69, 9.17) is 0 Å². The van der Waals surface area contributed by atoms with Crippen molar-refractivity contribution in [2.24, 2.45) is 0 Å². The minimum atomic E-state index is -0.240. The second-order valence-electron chi connectivity index (χ2n) is 5.07. The van der Waals surface area contributed by atoms with Gasteiger partial charge in [-0.3, -0.25) is 4.79 Å². The Morgan fingerprint density at radius 1 is 1.30 bits per heavy atom. The second kappa shape index (κ2) is 5.78. The first-order valence-electron chi connectivity index (χ1n) is 6.55. The highest BCUT2D eigenvalue weighted by atomic mass is 32.2. The van der Waals surface area contributed by atoms with Crippen LogP contribution in [0.5, 0.6) is 0 Å². The number of nitrogens with zero attached hydrogens (tertiary/aromatic N) is 4. The van der Waals surface area contributed by atoms with Crippen LogP contribution in [0, 0.1) is 13.8 Å². The molecule has 108 valence electrons. The molecule has 0 saturated heterocycles. The van der Waals surface area contributed by atoms with Gasteiger partial charge >= 0.3 is 0 Å². The van der Waals surface area contributed by atoms with Gasteiger partial charge in [0.1, 0.15) is 0 Å². The van der Waals surface area contributed by atoms with Crippen LogP contribution in [0.25, 0.3) is 5.78 Å². The van der Waals surface area contributed by atoms with Crippen LogP contribution in [0.1, 0.15) is 32.2 Å². The normalized spacial score (nSPS) is 12.9. The smallest absolute Gasteiger partial charge is 0.253 e. The molecule has 0 bridgehead atoms. The highest BCUT2D eigenvalue weighted by Gasteiger charge is 2.18. The molecule has 2 aromatic heterocycles. The summed E-state index contributed by atoms with van der Waals surface area (Å²) in [4.78, 5) is 20.6. The SMILES string of the molecule is Cc1cc(C)n2nc(S[C@@H](C)C(=O)NC(C)C)nc2n1. The van der Waals surface area contributed by atoms with Gasteiger partial charge in [-0.1, -0.05) is 11.8 Å². The van der Waals surface area contributed by atoms with Crippen molar-refractivity contribution in [3.63, 3.8) is 0 Å². The molecule has 1 amide bonds. The van der Waals surface area contributed by atoms with Crippen LogP contribution in [0.2, 0.25) is 0 Å². The lowest BCUT2D eigenvalue weighted by molar-refractivity contribution is -0.120. The number of aromatic nitrogens is 4. The molecular weight excluding hydrogens is 274 g/mol. The maximum absolute atomic E-state index is 11.9. The lowest BCUT2D eigenvalue weighted by Gasteiger charge is -2.12. The summed E-state index contributed by atoms with van der Waals surface area (Å²) in [6, 6.07) is 2.08. The molecule has 0 radical (unpaired) electrons. The van der Waals surface area contributed by atoms with Crippen LogP contribution in [-0.2, 0) is 4.79 Å². The molecule has 7 heteroatoms. The average Bonchev–Trinajstić information content (AvgIpc) is 2.70. The van der Waals surface area contributed by atoms with Crippen molar-refractivity contribution in [2.45, 2.75) is 51.1 Å². The summed E-state index contributed by atoms with van der Waals surface area (Å²) in [6.45, 7) is 9.61. The number of nitrogens with one attached hydrogen (secondary N) is 1. The number of carbonyl (C=O) groups excluding carboxylic acids is 1. The Balaban J connectivity index is 2.18. The number of carbonyl (C=O) groups is 1. The summed E-state index contributed by atoms with van der Waals surface area (Å²) in [7, 11) is 0. The second-order valence-corrected chi connectivity index (χ2v) is 6.38. The maximum Gasteiger partial charge on any atom is 0.253 e. The number of fused-ring (bicyclic) bond motifs is 1. The fraction of sp³-hybridized carbons (Fsp3) is 0.538. The molecule has 0 spiro atoms. The van der Waals surface area contributed by atoms with Gasteiger partial charge in [-0.2, -0.15) is 4.98 Å². The molecule has 0 aliphatic rings. The number of hydrogen-bond acceptors (Lipinski definition) is 5. The zero-order valence-corrected chi connectivity index (χ0v) is 13.2. The summed E-state index contributed by atoms with van der Waals surface area (Å²) >= 11 is 1.34. The molecule has 0 fully saturated rings. The summed E-state index contributed by atoms with van der Waals surface area (Å²) in [5, 5.41) is 7.59. The average molecular weight is 293 g/mol. The van der Waals surface area contributed by atoms with Gasteiger partial charge in [0, 0.05) is 17.4 Å². The quantitative estimate of drug-likeness (QED) is 0.869. The molecule has 2 rings (SSSR count). The molecule has 0 aromatic carbocycles. The fourth-order valence-corrected chi connectivity index (χ4v) is 2.57. The molecule has 1 atom stereocenters. The monoisotopic (exact) mass is 293 g/mol. The Labute approximate surface area is 122 Å². The first-order valence-corrected chi connectivity index (χ1v) is 7.43. The summed E-state index contributed by atoms with van der Waals surface area (Å²) in [5.41, 5.74) is 1.88. The molecule has 6 nitrogen and oxygen atoms in total. The van der Waals surface area contributed by atoms with Crippen LogP contribution in [0.4, 0.5) is 0 Å². The molecule has 0 aliphatic carbocycles. The Hall–Kier alpha value is -1.63. The molecule has 2 aromatic rings. The van der Waals surface area contributed by atoms with Crippen LogP contribution < -0.4 is 5.32 Å². The first-order chi connectivity index (χ1) is 9.36. The van der Waals surface area contributed by atoms with Gasteiger partial charge in [-0.15, -0.1) is 5.10 Å². The van der Waals surface area contributed by atoms with E-state index >= 15 is 0 Å². The highest BCUT2D eigenvalue weighted by Crippen LogP contribution is 2.20. The predicted molar refractivity (Wildman–Crippen MR) is 78.9 cm³/mol. The van der Waals surface area contributed by atoms with Crippen LogP contribution >= 0.6 is 11.8 Å². The highest BCUT2D eigenvalue weighted by molar-refractivity contribution is 8.00. The lowest BCUT2D eigenvalue weighted by Crippen LogP contribution is -2.35. The van der Waals surface area contributed by atoms with Crippen LogP contribution in [-0.4, -0.2) is 36.8 Å². The van der Waals surface area contributed by atoms with Gasteiger partial charge < -0.3 is 5.32 Å². The lowest BCUT2D eigenvalue weighted by atomic mass is 10.3. The van der Waals surface area contributed by atoms with Gasteiger partial charge in [0.25, 0.3) is 5.78 Å². The number of aryl methyl sites for hydroxylation is 2. The standard InChI is InChI=1S/C13H19N5OS/c1-7(2)14-11(19)10(5)20-13-16-12-15-8(3)6-9(4)18(12)17-13/h6-7,10H,1-5H3,(H,14,19)/t10-/m0/s1. The maximum atomic E-state index is 11.9. The van der Waals surface area contributed by atoms with Gasteiger partial charge in [0.05, 0.1) is 5.25 Å². The van der Waals surface area contributed by atoms with Crippen molar-refractivity contribution in [2.75, 3.05) is 0 Å². The third-order valence-corrected chi connectivity index (χ3v) is 3.63. The van der Waals surface area contributed by atoms with E-state index in [9.17, 15) is 4.79 Å². The van der Waals surface area contributed by atoms with Crippen molar-refractivity contribution in [1.29, 1.82) is 0 Å². The van der Waals surface area contributed by atoms with E-state index in [1.165, 1.54) is 11.8 Å². The molecule has 20 heavy (non-hydrogen) atoms. The number of thioether (sulfide) groups is 1. The third-order valence-electron chi connectivity index (χ3n) is 2.68. The molecule has 1 N–H and O–H groups in total. The van der Waals surface area contributed by atoms with E-state index in [2.05, 4.69) is 20.4 Å². The van der Waals surface area contributed by atoms with Gasteiger partial charge in [0.2, 0.25) is 11.1 Å². The summed E-state index contributed by atoms with van der Waals surface area (Å²) in [5.74, 6) is 0.561. The van der Waals surface area contributed by atoms with Gasteiger partial charge in [0.15, 0.2) is 0 Å². The van der Waals surface area contributed by atoms with Crippen molar-refractivity contribution in [3.05, 3.63) is 17.5 Å². The van der Waals surface area contributed by atoms with Gasteiger partial charge in [-0.25, -0.2) is 9.50 Å². The summed E-state index contributed by atoms with van der Waals surface area (Å²) < 4.78 is 1.70. The summed E-state index contributed by atoms with van der Waals surface area (Å²) in [6.07, 6.45) is 0. The van der Waals surface area contributed by atoms with Gasteiger partial charge in [-0.05, 0) is 40.7 Å². The van der Waals surface area contributed by atoms with Crippen LogP contribution in [0.15, 0.2) is 11.2 Å². The minimum Gasteiger partial charge on any atom is -0.353 e. The number of rotatable bonds is 4. The minimum absolute atomic E-state index is 0.00952. The van der Waals surface area contributed by atoms with Crippen molar-refractivity contribution in [3.8, 4) is 0 Å². The molecule has 2 heterocycles. The first kappa shape index (κ1) is 14.8. The fourth-order valence-electron chi connectivity index (χ4n) is 1.81. The van der Waals surface area contributed by atoms with Crippen molar-refractivity contribution >= 4 is 23.4 Å². The molecule has 0 saturated carbocycles. The molecule has 0 unspecified atom stereocenters. The van der Waals surface area contributed by atoms with E-state index in [-0.39, 0.29) is 17.2 Å². The Morgan fingerprint density at radius 2 is 2.00 bits per heavy atom. The zero-order valence-electron chi connectivity index (χ0n) is 12.3. The van der Waals surface area contributed by atoms with E-state index in [1.54, 1.807) is 4.52 Å². The van der Waals surface area contributed by atoms with E-state index in [0.29, 0.717) is 10.9 Å². The Bertz CT molecular complexity index is 637. The predicted octanol–water partition coefficient (Wildman–Crippen LogP) is 1.75. The topological polar surface area (TPSA) is 72.2 Å². The van der Waals surface area contributed by atoms with Crippen molar-refractivity contribution in [1.82, 2.24) is 24.9 Å². The van der Waals surface area contributed by atoms with Crippen molar-refractivity contribution < 1.29 is 4.79 Å². The third kappa shape index (κ3) is 3.27. The Kier molecular flexibility index (Phi) is 4.27. The van der Waals surface area contributed by atoms with E-state index in [0.717, 1.165) is 11.4 Å². The molecule has 0 aliphatic heterocycles. The Morgan fingerprint density at radius 3 is 2.65 bits per heavy atom. The number of amides is 1. The zero-order chi connectivity index (χ0) is 14.9. The van der Waals surface area contributed by atoms with E-state index < -0.39 is 0 Å². The molecular formula is C13H19N5OS. The number of hydrogen-bond donors (Lipinski definition) is 1. The van der Waals surface area contributed by atoms with E-state index in [1.807, 2.05) is 40.7 Å². The largest absolute Gasteiger partial charge is 0.353 e.